The van der Waals surface area contributed by atoms with Gasteiger partial charge in [-0.15, -0.1) is 0 Å². The SMILES string of the molecule is CNCc1cnc(C)n1Cc1ccc(Cl)cc1Cl. The molecule has 18 heavy (non-hydrogen) atoms. The van der Waals surface area contributed by atoms with Gasteiger partial charge in [0.05, 0.1) is 12.2 Å². The minimum atomic E-state index is 0.654. The maximum atomic E-state index is 6.19. The second kappa shape index (κ2) is 5.74. The van der Waals surface area contributed by atoms with Crippen molar-refractivity contribution in [1.29, 1.82) is 0 Å². The molecule has 5 heteroatoms. The molecular weight excluding hydrogens is 269 g/mol. The quantitative estimate of drug-likeness (QED) is 0.933. The molecule has 1 aromatic heterocycles. The summed E-state index contributed by atoms with van der Waals surface area (Å²) in [6.45, 7) is 3.48. The number of rotatable bonds is 4. The van der Waals surface area contributed by atoms with Gasteiger partial charge in [-0.05, 0) is 31.7 Å². The minimum Gasteiger partial charge on any atom is -0.327 e. The molecule has 0 saturated heterocycles. The molecule has 1 heterocycles. The molecule has 0 amide bonds. The molecule has 0 saturated carbocycles. The number of aromatic nitrogens is 2. The van der Waals surface area contributed by atoms with Gasteiger partial charge in [0.15, 0.2) is 0 Å². The van der Waals surface area contributed by atoms with E-state index in [-0.39, 0.29) is 0 Å². The Kier molecular flexibility index (Phi) is 4.27. The highest BCUT2D eigenvalue weighted by molar-refractivity contribution is 6.35. The summed E-state index contributed by atoms with van der Waals surface area (Å²) < 4.78 is 2.14. The molecule has 0 aliphatic heterocycles. The summed E-state index contributed by atoms with van der Waals surface area (Å²) in [5.41, 5.74) is 2.18. The van der Waals surface area contributed by atoms with E-state index >= 15 is 0 Å². The van der Waals surface area contributed by atoms with Crippen molar-refractivity contribution in [2.45, 2.75) is 20.0 Å². The average molecular weight is 284 g/mol. The predicted octanol–water partition coefficient (Wildman–Crippen LogP) is 3.27. The maximum absolute atomic E-state index is 6.19. The summed E-state index contributed by atoms with van der Waals surface area (Å²) in [7, 11) is 1.92. The lowest BCUT2D eigenvalue weighted by Gasteiger charge is -2.11. The molecule has 0 fully saturated rings. The lowest BCUT2D eigenvalue weighted by Crippen LogP contribution is -2.13. The minimum absolute atomic E-state index is 0.654. The molecule has 2 aromatic rings. The molecule has 0 spiro atoms. The van der Waals surface area contributed by atoms with Crippen LogP contribution >= 0.6 is 23.2 Å². The first-order chi connectivity index (χ1) is 8.61. The van der Waals surface area contributed by atoms with Crippen LogP contribution in [0.25, 0.3) is 0 Å². The first-order valence-electron chi connectivity index (χ1n) is 5.71. The van der Waals surface area contributed by atoms with Crippen LogP contribution in [0.1, 0.15) is 17.1 Å². The zero-order chi connectivity index (χ0) is 13.1. The third-order valence-corrected chi connectivity index (χ3v) is 3.43. The van der Waals surface area contributed by atoms with Crippen molar-refractivity contribution < 1.29 is 0 Å². The first-order valence-corrected chi connectivity index (χ1v) is 6.47. The van der Waals surface area contributed by atoms with Crippen LogP contribution in [0.3, 0.4) is 0 Å². The van der Waals surface area contributed by atoms with Gasteiger partial charge in [0.2, 0.25) is 0 Å². The van der Waals surface area contributed by atoms with Crippen molar-refractivity contribution in [2.24, 2.45) is 0 Å². The molecule has 0 unspecified atom stereocenters. The Labute approximate surface area is 117 Å². The Bertz CT molecular complexity index is 549. The number of hydrogen-bond acceptors (Lipinski definition) is 2. The summed E-state index contributed by atoms with van der Waals surface area (Å²) in [5, 5.41) is 4.47. The number of halogens is 2. The van der Waals surface area contributed by atoms with Gasteiger partial charge in [0.1, 0.15) is 5.82 Å². The second-order valence-electron chi connectivity index (χ2n) is 4.15. The normalized spacial score (nSPS) is 10.9. The van der Waals surface area contributed by atoms with E-state index in [4.69, 9.17) is 23.2 Å². The Morgan fingerprint density at radius 2 is 2.11 bits per heavy atom. The average Bonchev–Trinajstić information content (AvgIpc) is 2.65. The van der Waals surface area contributed by atoms with E-state index in [0.717, 1.165) is 23.6 Å². The maximum Gasteiger partial charge on any atom is 0.106 e. The fourth-order valence-corrected chi connectivity index (χ4v) is 2.34. The third-order valence-electron chi connectivity index (χ3n) is 2.84. The van der Waals surface area contributed by atoms with E-state index in [9.17, 15) is 0 Å². The van der Waals surface area contributed by atoms with E-state index in [1.807, 2.05) is 32.3 Å². The van der Waals surface area contributed by atoms with Crippen molar-refractivity contribution in [2.75, 3.05) is 7.05 Å². The summed E-state index contributed by atoms with van der Waals surface area (Å²) in [4.78, 5) is 4.33. The molecule has 0 radical (unpaired) electrons. The number of imidazole rings is 1. The zero-order valence-electron chi connectivity index (χ0n) is 10.4. The lowest BCUT2D eigenvalue weighted by molar-refractivity contribution is 0.676. The smallest absolute Gasteiger partial charge is 0.106 e. The number of aryl methyl sites for hydroxylation is 1. The summed E-state index contributed by atoms with van der Waals surface area (Å²) >= 11 is 12.1. The standard InChI is InChI=1S/C13H15Cl2N3/c1-9-17-7-12(6-16-2)18(9)8-10-3-4-11(14)5-13(10)15/h3-5,7,16H,6,8H2,1-2H3. The molecule has 0 aliphatic carbocycles. The number of nitrogens with one attached hydrogen (secondary N) is 1. The monoisotopic (exact) mass is 283 g/mol. The van der Waals surface area contributed by atoms with Crippen LogP contribution in [-0.4, -0.2) is 16.6 Å². The van der Waals surface area contributed by atoms with Crippen LogP contribution < -0.4 is 5.32 Å². The van der Waals surface area contributed by atoms with Crippen LogP contribution in [0.15, 0.2) is 24.4 Å². The topological polar surface area (TPSA) is 29.9 Å². The van der Waals surface area contributed by atoms with Gasteiger partial charge in [-0.2, -0.15) is 0 Å². The Hall–Kier alpha value is -1.03. The van der Waals surface area contributed by atoms with Gasteiger partial charge < -0.3 is 9.88 Å². The van der Waals surface area contributed by atoms with E-state index in [2.05, 4.69) is 14.9 Å². The molecule has 0 atom stereocenters. The lowest BCUT2D eigenvalue weighted by atomic mass is 10.2. The summed E-state index contributed by atoms with van der Waals surface area (Å²) in [6.07, 6.45) is 1.88. The predicted molar refractivity (Wildman–Crippen MR) is 75.3 cm³/mol. The first kappa shape index (κ1) is 13.4. The van der Waals surface area contributed by atoms with Gasteiger partial charge >= 0.3 is 0 Å². The highest BCUT2D eigenvalue weighted by Crippen LogP contribution is 2.22. The molecule has 1 N–H and O–H groups in total. The van der Waals surface area contributed by atoms with E-state index in [1.165, 1.54) is 0 Å². The van der Waals surface area contributed by atoms with Gasteiger partial charge in [-0.1, -0.05) is 29.3 Å². The van der Waals surface area contributed by atoms with E-state index in [1.54, 1.807) is 6.07 Å². The van der Waals surface area contributed by atoms with Crippen molar-refractivity contribution >= 4 is 23.2 Å². The van der Waals surface area contributed by atoms with Crippen LogP contribution in [0.5, 0.6) is 0 Å². The van der Waals surface area contributed by atoms with Gasteiger partial charge in [0, 0.05) is 22.8 Å². The Balaban J connectivity index is 2.30. The van der Waals surface area contributed by atoms with Crippen LogP contribution in [0.2, 0.25) is 10.0 Å². The highest BCUT2D eigenvalue weighted by atomic mass is 35.5. The third kappa shape index (κ3) is 2.86. The van der Waals surface area contributed by atoms with Crippen molar-refractivity contribution in [3.05, 3.63) is 51.5 Å². The fraction of sp³-hybridized carbons (Fsp3) is 0.308. The number of nitrogens with zero attached hydrogens (tertiary/aromatic N) is 2. The number of hydrogen-bond donors (Lipinski definition) is 1. The Morgan fingerprint density at radius 3 is 2.78 bits per heavy atom. The van der Waals surface area contributed by atoms with Crippen LogP contribution in [0.4, 0.5) is 0 Å². The highest BCUT2D eigenvalue weighted by Gasteiger charge is 2.08. The fourth-order valence-electron chi connectivity index (χ4n) is 1.87. The van der Waals surface area contributed by atoms with Gasteiger partial charge in [-0.3, -0.25) is 0 Å². The molecule has 2 rings (SSSR count). The largest absolute Gasteiger partial charge is 0.327 e. The molecule has 1 aromatic carbocycles. The summed E-state index contributed by atoms with van der Waals surface area (Å²) in [5.74, 6) is 0.978. The van der Waals surface area contributed by atoms with Crippen molar-refractivity contribution in [1.82, 2.24) is 14.9 Å². The summed E-state index contributed by atoms with van der Waals surface area (Å²) in [6, 6.07) is 5.57. The molecule has 3 nitrogen and oxygen atoms in total. The van der Waals surface area contributed by atoms with Gasteiger partial charge in [0.25, 0.3) is 0 Å². The van der Waals surface area contributed by atoms with Crippen molar-refractivity contribution in [3.63, 3.8) is 0 Å². The van der Waals surface area contributed by atoms with Crippen LogP contribution in [-0.2, 0) is 13.1 Å². The molecule has 0 aliphatic rings. The van der Waals surface area contributed by atoms with Crippen molar-refractivity contribution in [3.8, 4) is 0 Å². The van der Waals surface area contributed by atoms with E-state index in [0.29, 0.717) is 16.6 Å². The molecule has 96 valence electrons. The zero-order valence-corrected chi connectivity index (χ0v) is 11.9. The van der Waals surface area contributed by atoms with Gasteiger partial charge in [-0.25, -0.2) is 4.98 Å². The molecular formula is C13H15Cl2N3. The van der Waals surface area contributed by atoms with E-state index < -0.39 is 0 Å². The second-order valence-corrected chi connectivity index (χ2v) is 4.99. The number of benzene rings is 1. The van der Waals surface area contributed by atoms with Crippen LogP contribution in [0, 0.1) is 6.92 Å². The Morgan fingerprint density at radius 1 is 1.33 bits per heavy atom. The molecule has 0 bridgehead atoms.